The maximum absolute atomic E-state index is 14.3. The van der Waals surface area contributed by atoms with Crippen LogP contribution in [0.2, 0.25) is 0 Å². The third-order valence-corrected chi connectivity index (χ3v) is 5.19. The lowest BCUT2D eigenvalue weighted by atomic mass is 10.3. The van der Waals surface area contributed by atoms with Gasteiger partial charge in [0.15, 0.2) is 9.79 Å². The maximum Gasteiger partial charge on any atom is 0.494 e. The Morgan fingerprint density at radius 2 is 0.913 bits per heavy atom. The van der Waals surface area contributed by atoms with Gasteiger partial charge >= 0.3 is 17.4 Å². The van der Waals surface area contributed by atoms with Crippen molar-refractivity contribution < 1.29 is 30.7 Å². The lowest BCUT2D eigenvalue weighted by molar-refractivity contribution is -0.331. The fourth-order valence-corrected chi connectivity index (χ4v) is 3.93. The van der Waals surface area contributed by atoms with Crippen LogP contribution < -0.4 is 0 Å². The summed E-state index contributed by atoms with van der Waals surface area (Å²) in [6.07, 6.45) is -6.36. The predicted molar refractivity (Wildman–Crippen MR) is 72.7 cm³/mol. The zero-order valence-electron chi connectivity index (χ0n) is 11.3. The first-order valence-corrected chi connectivity index (χ1v) is 7.48. The van der Waals surface area contributed by atoms with E-state index in [0.29, 0.717) is 0 Å². The molecular weight excluding hydrogens is 345 g/mol. The smallest absolute Gasteiger partial charge is 0.184 e. The van der Waals surface area contributed by atoms with Crippen LogP contribution in [0, 0.1) is 0 Å². The van der Waals surface area contributed by atoms with Crippen molar-refractivity contribution in [2.24, 2.45) is 0 Å². The highest BCUT2D eigenvalue weighted by molar-refractivity contribution is 7.98. The van der Waals surface area contributed by atoms with Gasteiger partial charge in [0.2, 0.25) is 0 Å². The predicted octanol–water partition coefficient (Wildman–Crippen LogP) is 5.51. The van der Waals surface area contributed by atoms with Crippen LogP contribution >= 0.6 is 0 Å². The van der Waals surface area contributed by atoms with E-state index in [9.17, 15) is 30.7 Å². The lowest BCUT2D eigenvalue weighted by Crippen LogP contribution is -2.55. The number of rotatable bonds is 4. The molecule has 0 radical (unpaired) electrons. The Balaban J connectivity index is 2.63. The van der Waals surface area contributed by atoms with Crippen LogP contribution in [0.4, 0.5) is 30.7 Å². The molecule has 124 valence electrons. The molecule has 0 aliphatic carbocycles. The number of halogens is 7. The van der Waals surface area contributed by atoms with Gasteiger partial charge in [0.05, 0.1) is 0 Å². The Morgan fingerprint density at radius 3 is 1.22 bits per heavy atom. The largest absolute Gasteiger partial charge is 0.494 e. The summed E-state index contributed by atoms with van der Waals surface area (Å²) >= 11 is 0. The van der Waals surface area contributed by atoms with E-state index in [2.05, 4.69) is 0 Å². The van der Waals surface area contributed by atoms with Crippen LogP contribution in [0.3, 0.4) is 0 Å². The fraction of sp³-hybridized carbons (Fsp3) is 0.200. The van der Waals surface area contributed by atoms with Gasteiger partial charge in [-0.25, -0.2) is 0 Å². The van der Waals surface area contributed by atoms with Gasteiger partial charge in [-0.05, 0) is 24.3 Å². The zero-order valence-corrected chi connectivity index (χ0v) is 12.1. The molecule has 0 amide bonds. The standard InChI is InChI=1S/C15H10F7S/c16-13(17,14(18,19)20)15(21,22)23(11-7-3-1-4-8-11)12-9-5-2-6-10-12/h1-10H/q+1. The quantitative estimate of drug-likeness (QED) is 0.501. The molecule has 0 bridgehead atoms. The molecule has 0 fully saturated rings. The molecule has 0 aromatic heterocycles. The summed E-state index contributed by atoms with van der Waals surface area (Å²) in [5.41, 5.74) is 0. The van der Waals surface area contributed by atoms with Crippen LogP contribution in [0.15, 0.2) is 70.5 Å². The van der Waals surface area contributed by atoms with Crippen molar-refractivity contribution in [3.05, 3.63) is 60.7 Å². The first kappa shape index (κ1) is 17.7. The second-order valence-electron chi connectivity index (χ2n) is 4.52. The molecule has 2 aromatic rings. The normalized spacial score (nSPS) is 13.4. The van der Waals surface area contributed by atoms with Gasteiger partial charge in [-0.2, -0.15) is 22.0 Å². The Hall–Kier alpha value is -1.70. The number of hydrogen-bond donors (Lipinski definition) is 0. The molecule has 0 heterocycles. The van der Waals surface area contributed by atoms with Gasteiger partial charge in [-0.1, -0.05) is 36.4 Å². The Kier molecular flexibility index (Phi) is 4.66. The summed E-state index contributed by atoms with van der Waals surface area (Å²) in [6, 6.07) is 12.6. The van der Waals surface area contributed by atoms with Crippen LogP contribution in [-0.4, -0.2) is 17.4 Å². The van der Waals surface area contributed by atoms with Crippen LogP contribution in [0.5, 0.6) is 0 Å². The van der Waals surface area contributed by atoms with E-state index in [1.165, 1.54) is 36.4 Å². The van der Waals surface area contributed by atoms with Crippen molar-refractivity contribution in [2.75, 3.05) is 0 Å². The van der Waals surface area contributed by atoms with Gasteiger partial charge in [0.1, 0.15) is 10.9 Å². The molecule has 0 spiro atoms. The van der Waals surface area contributed by atoms with E-state index in [0.717, 1.165) is 24.3 Å². The molecule has 2 rings (SSSR count). The van der Waals surface area contributed by atoms with Gasteiger partial charge in [0, 0.05) is 0 Å². The first-order chi connectivity index (χ1) is 10.6. The van der Waals surface area contributed by atoms with Crippen molar-refractivity contribution in [3.8, 4) is 0 Å². The van der Waals surface area contributed by atoms with Gasteiger partial charge in [0.25, 0.3) is 0 Å². The van der Waals surface area contributed by atoms with E-state index >= 15 is 0 Å². The number of benzene rings is 2. The first-order valence-electron chi connectivity index (χ1n) is 6.26. The highest BCUT2D eigenvalue weighted by Crippen LogP contribution is 2.53. The monoisotopic (exact) mass is 355 g/mol. The SMILES string of the molecule is FC(F)(F)C(F)(F)C(F)(F)[S+](c1ccccc1)c1ccccc1. The number of hydrogen-bond acceptors (Lipinski definition) is 0. The average Bonchev–Trinajstić information content (AvgIpc) is 2.48. The molecule has 0 saturated carbocycles. The lowest BCUT2D eigenvalue weighted by Gasteiger charge is -2.26. The molecule has 0 aliphatic rings. The highest BCUT2D eigenvalue weighted by Gasteiger charge is 2.82. The fourth-order valence-electron chi connectivity index (χ4n) is 1.84. The summed E-state index contributed by atoms with van der Waals surface area (Å²) in [6.45, 7) is 0. The third kappa shape index (κ3) is 3.17. The van der Waals surface area contributed by atoms with Gasteiger partial charge < -0.3 is 0 Å². The van der Waals surface area contributed by atoms with Gasteiger partial charge in [-0.15, -0.1) is 8.78 Å². The van der Waals surface area contributed by atoms with Crippen molar-refractivity contribution >= 4 is 10.9 Å². The zero-order chi connectivity index (χ0) is 17.3. The molecular formula is C15H10F7S+. The van der Waals surface area contributed by atoms with Crippen molar-refractivity contribution in [1.29, 1.82) is 0 Å². The van der Waals surface area contributed by atoms with E-state index < -0.39 is 28.2 Å². The van der Waals surface area contributed by atoms with E-state index in [4.69, 9.17) is 0 Å². The molecule has 2 aromatic carbocycles. The van der Waals surface area contributed by atoms with E-state index in [-0.39, 0.29) is 9.79 Å². The van der Waals surface area contributed by atoms with Crippen LogP contribution in [0.1, 0.15) is 0 Å². The Labute approximate surface area is 130 Å². The van der Waals surface area contributed by atoms with Crippen molar-refractivity contribution in [3.63, 3.8) is 0 Å². The minimum Gasteiger partial charge on any atom is -0.184 e. The maximum atomic E-state index is 14.3. The molecule has 0 atom stereocenters. The average molecular weight is 355 g/mol. The second-order valence-corrected chi connectivity index (χ2v) is 6.59. The van der Waals surface area contributed by atoms with E-state index in [1.807, 2.05) is 0 Å². The summed E-state index contributed by atoms with van der Waals surface area (Å²) < 4.78 is 93.0. The molecule has 8 heteroatoms. The third-order valence-electron chi connectivity index (χ3n) is 2.94. The molecule has 0 unspecified atom stereocenters. The summed E-state index contributed by atoms with van der Waals surface area (Å²) in [7, 11) is -2.78. The molecule has 0 saturated heterocycles. The molecule has 0 aliphatic heterocycles. The Bertz CT molecular complexity index is 598. The summed E-state index contributed by atoms with van der Waals surface area (Å²) in [5, 5.41) is -5.33. The van der Waals surface area contributed by atoms with Crippen LogP contribution in [0.25, 0.3) is 0 Å². The Morgan fingerprint density at radius 1 is 0.565 bits per heavy atom. The second kappa shape index (κ2) is 6.07. The molecule has 0 nitrogen and oxygen atoms in total. The van der Waals surface area contributed by atoms with Crippen LogP contribution in [-0.2, 0) is 10.9 Å². The minimum absolute atomic E-state index is 0.298. The van der Waals surface area contributed by atoms with Crippen molar-refractivity contribution in [1.82, 2.24) is 0 Å². The number of alkyl halides is 7. The topological polar surface area (TPSA) is 0 Å². The molecule has 23 heavy (non-hydrogen) atoms. The highest BCUT2D eigenvalue weighted by atomic mass is 32.2. The summed E-state index contributed by atoms with van der Waals surface area (Å²) in [5.74, 6) is -6.16. The van der Waals surface area contributed by atoms with E-state index in [1.54, 1.807) is 0 Å². The van der Waals surface area contributed by atoms with Crippen molar-refractivity contribution in [2.45, 2.75) is 27.1 Å². The van der Waals surface area contributed by atoms with Gasteiger partial charge in [-0.3, -0.25) is 0 Å². The molecule has 0 N–H and O–H groups in total. The minimum atomic E-state index is -6.36. The summed E-state index contributed by atoms with van der Waals surface area (Å²) in [4.78, 5) is -0.597.